The van der Waals surface area contributed by atoms with Gasteiger partial charge >= 0.3 is 0 Å². The summed E-state index contributed by atoms with van der Waals surface area (Å²) in [5.74, 6) is 1.53. The van der Waals surface area contributed by atoms with Crippen molar-refractivity contribution in [1.82, 2.24) is 4.98 Å². The highest BCUT2D eigenvalue weighted by atomic mass is 16.5. The molecule has 30 heavy (non-hydrogen) atoms. The van der Waals surface area contributed by atoms with Crippen LogP contribution in [0.1, 0.15) is 5.56 Å². The number of aromatic nitrogens is 1. The number of benzene rings is 3. The van der Waals surface area contributed by atoms with Gasteiger partial charge in [-0.3, -0.25) is 4.79 Å². The van der Waals surface area contributed by atoms with Gasteiger partial charge in [-0.2, -0.15) is 0 Å². The van der Waals surface area contributed by atoms with E-state index in [0.717, 1.165) is 11.1 Å². The molecule has 1 aromatic heterocycles. The van der Waals surface area contributed by atoms with Gasteiger partial charge in [0, 0.05) is 17.3 Å². The average Bonchev–Trinajstić information content (AvgIpc) is 3.21. The maximum Gasteiger partial charge on any atom is 0.248 e. The zero-order valence-corrected chi connectivity index (χ0v) is 16.6. The molecule has 150 valence electrons. The summed E-state index contributed by atoms with van der Waals surface area (Å²) in [7, 11) is 3.15. The standard InChI is InChI=1S/C24H20N2O4/c1-28-21-11-8-16(14-22(21)29-2)9-13-23(27)25-18-10-12-20-19(15-18)26-24(30-20)17-6-4-3-5-7-17/h3-15H,1-2H3,(H,25,27). The summed E-state index contributed by atoms with van der Waals surface area (Å²) in [5.41, 5.74) is 3.69. The lowest BCUT2D eigenvalue weighted by molar-refractivity contribution is -0.111. The van der Waals surface area contributed by atoms with Crippen LogP contribution in [0.3, 0.4) is 0 Å². The molecule has 0 spiro atoms. The Kier molecular flexibility index (Phi) is 5.48. The predicted octanol–water partition coefficient (Wildman–Crippen LogP) is 5.16. The Balaban J connectivity index is 1.48. The highest BCUT2D eigenvalue weighted by Crippen LogP contribution is 2.28. The van der Waals surface area contributed by atoms with Crippen LogP contribution in [-0.2, 0) is 4.79 Å². The quantitative estimate of drug-likeness (QED) is 0.452. The van der Waals surface area contributed by atoms with Crippen LogP contribution in [0.2, 0.25) is 0 Å². The van der Waals surface area contributed by atoms with E-state index in [1.54, 1.807) is 50.6 Å². The first-order valence-corrected chi connectivity index (χ1v) is 9.33. The summed E-state index contributed by atoms with van der Waals surface area (Å²) >= 11 is 0. The van der Waals surface area contributed by atoms with E-state index < -0.39 is 0 Å². The van der Waals surface area contributed by atoms with Crippen LogP contribution in [0.4, 0.5) is 5.69 Å². The summed E-state index contributed by atoms with van der Waals surface area (Å²) in [6, 6.07) is 20.5. The second kappa shape index (κ2) is 8.53. The van der Waals surface area contributed by atoms with Crippen molar-refractivity contribution in [1.29, 1.82) is 0 Å². The maximum absolute atomic E-state index is 12.3. The molecule has 0 aliphatic heterocycles. The van der Waals surface area contributed by atoms with E-state index >= 15 is 0 Å². The average molecular weight is 400 g/mol. The highest BCUT2D eigenvalue weighted by molar-refractivity contribution is 6.02. The largest absolute Gasteiger partial charge is 0.493 e. The third-order valence-electron chi connectivity index (χ3n) is 4.51. The van der Waals surface area contributed by atoms with Gasteiger partial charge in [0.2, 0.25) is 11.8 Å². The molecule has 3 aromatic carbocycles. The van der Waals surface area contributed by atoms with Crippen molar-refractivity contribution < 1.29 is 18.7 Å². The monoisotopic (exact) mass is 400 g/mol. The number of hydrogen-bond acceptors (Lipinski definition) is 5. The number of nitrogens with one attached hydrogen (secondary N) is 1. The summed E-state index contributed by atoms with van der Waals surface area (Å²) in [6.45, 7) is 0. The van der Waals surface area contributed by atoms with Crippen LogP contribution >= 0.6 is 0 Å². The van der Waals surface area contributed by atoms with E-state index in [2.05, 4.69) is 10.3 Å². The molecule has 0 aliphatic rings. The number of methoxy groups -OCH3 is 2. The molecule has 4 rings (SSSR count). The van der Waals surface area contributed by atoms with Crippen LogP contribution in [0, 0.1) is 0 Å². The number of carbonyl (C=O) groups excluding carboxylic acids is 1. The smallest absolute Gasteiger partial charge is 0.248 e. The van der Waals surface area contributed by atoms with E-state index in [1.165, 1.54) is 6.08 Å². The lowest BCUT2D eigenvalue weighted by Crippen LogP contribution is -2.07. The number of rotatable bonds is 6. The number of fused-ring (bicyclic) bond motifs is 1. The van der Waals surface area contributed by atoms with Gasteiger partial charge in [0.25, 0.3) is 0 Å². The molecule has 0 aliphatic carbocycles. The molecule has 0 atom stereocenters. The molecule has 0 fully saturated rings. The first-order chi connectivity index (χ1) is 14.7. The van der Waals surface area contributed by atoms with Crippen molar-refractivity contribution in [3.05, 3.63) is 78.4 Å². The molecule has 0 unspecified atom stereocenters. The van der Waals surface area contributed by atoms with E-state index in [-0.39, 0.29) is 5.91 Å². The van der Waals surface area contributed by atoms with Gasteiger partial charge in [-0.05, 0) is 54.1 Å². The number of ether oxygens (including phenoxy) is 2. The van der Waals surface area contributed by atoms with E-state index in [9.17, 15) is 4.79 Å². The highest BCUT2D eigenvalue weighted by Gasteiger charge is 2.09. The fraction of sp³-hybridized carbons (Fsp3) is 0.0833. The lowest BCUT2D eigenvalue weighted by Gasteiger charge is -2.07. The molecular formula is C24H20N2O4. The fourth-order valence-electron chi connectivity index (χ4n) is 3.02. The Hall–Kier alpha value is -4.06. The molecule has 0 saturated heterocycles. The minimum Gasteiger partial charge on any atom is -0.493 e. The van der Waals surface area contributed by atoms with E-state index in [1.807, 2.05) is 36.4 Å². The molecule has 4 aromatic rings. The van der Waals surface area contributed by atoms with Crippen molar-refractivity contribution in [2.45, 2.75) is 0 Å². The van der Waals surface area contributed by atoms with Crippen LogP contribution < -0.4 is 14.8 Å². The van der Waals surface area contributed by atoms with Gasteiger partial charge in [-0.25, -0.2) is 4.98 Å². The minimum atomic E-state index is -0.254. The number of hydrogen-bond donors (Lipinski definition) is 1. The predicted molar refractivity (Wildman–Crippen MR) is 117 cm³/mol. The van der Waals surface area contributed by atoms with Crippen LogP contribution in [0.5, 0.6) is 11.5 Å². The van der Waals surface area contributed by atoms with E-state index in [4.69, 9.17) is 13.9 Å². The molecule has 0 bridgehead atoms. The Morgan fingerprint density at radius 1 is 0.967 bits per heavy atom. The normalized spacial score (nSPS) is 11.0. The molecule has 6 nitrogen and oxygen atoms in total. The summed E-state index contributed by atoms with van der Waals surface area (Å²) in [4.78, 5) is 16.8. The van der Waals surface area contributed by atoms with Crippen LogP contribution in [0.15, 0.2) is 77.2 Å². The third-order valence-corrected chi connectivity index (χ3v) is 4.51. The molecule has 1 heterocycles. The number of oxazole rings is 1. The van der Waals surface area contributed by atoms with Crippen molar-refractivity contribution in [2.24, 2.45) is 0 Å². The lowest BCUT2D eigenvalue weighted by atomic mass is 10.2. The Morgan fingerprint density at radius 2 is 1.77 bits per heavy atom. The zero-order chi connectivity index (χ0) is 20.9. The van der Waals surface area contributed by atoms with Gasteiger partial charge in [0.1, 0.15) is 5.52 Å². The Labute approximate surface area is 173 Å². The number of nitrogens with zero attached hydrogens (tertiary/aromatic N) is 1. The van der Waals surface area contributed by atoms with Crippen molar-refractivity contribution in [3.63, 3.8) is 0 Å². The Bertz CT molecular complexity index is 1210. The van der Waals surface area contributed by atoms with Crippen molar-refractivity contribution >= 4 is 28.8 Å². The van der Waals surface area contributed by atoms with Crippen LogP contribution in [0.25, 0.3) is 28.6 Å². The molecular weight excluding hydrogens is 380 g/mol. The first-order valence-electron chi connectivity index (χ1n) is 9.33. The molecule has 6 heteroatoms. The summed E-state index contributed by atoms with van der Waals surface area (Å²) in [5, 5.41) is 2.84. The third kappa shape index (κ3) is 4.17. The number of carbonyl (C=O) groups is 1. The van der Waals surface area contributed by atoms with Gasteiger partial charge < -0.3 is 19.2 Å². The second-order valence-corrected chi connectivity index (χ2v) is 6.50. The van der Waals surface area contributed by atoms with Crippen molar-refractivity contribution in [2.75, 3.05) is 19.5 Å². The van der Waals surface area contributed by atoms with Crippen molar-refractivity contribution in [3.8, 4) is 23.0 Å². The maximum atomic E-state index is 12.3. The molecule has 0 radical (unpaired) electrons. The van der Waals surface area contributed by atoms with Gasteiger partial charge in [-0.1, -0.05) is 24.3 Å². The molecule has 1 N–H and O–H groups in total. The van der Waals surface area contributed by atoms with Gasteiger partial charge in [-0.15, -0.1) is 0 Å². The molecule has 1 amide bonds. The SMILES string of the molecule is COc1ccc(C=CC(=O)Nc2ccc3oc(-c4ccccc4)nc3c2)cc1OC. The number of amides is 1. The summed E-state index contributed by atoms with van der Waals surface area (Å²) < 4.78 is 16.3. The van der Waals surface area contributed by atoms with Crippen LogP contribution in [-0.4, -0.2) is 25.1 Å². The second-order valence-electron chi connectivity index (χ2n) is 6.50. The minimum absolute atomic E-state index is 0.254. The zero-order valence-electron chi connectivity index (χ0n) is 16.6. The summed E-state index contributed by atoms with van der Waals surface area (Å²) in [6.07, 6.45) is 3.17. The van der Waals surface area contributed by atoms with E-state index in [0.29, 0.717) is 34.2 Å². The topological polar surface area (TPSA) is 73.6 Å². The van der Waals surface area contributed by atoms with Gasteiger partial charge in [0.15, 0.2) is 17.1 Å². The fourth-order valence-corrected chi connectivity index (χ4v) is 3.02. The molecule has 0 saturated carbocycles. The Morgan fingerprint density at radius 3 is 2.53 bits per heavy atom. The number of anilines is 1. The first kappa shape index (κ1) is 19.3. The van der Waals surface area contributed by atoms with Gasteiger partial charge in [0.05, 0.1) is 14.2 Å².